The highest BCUT2D eigenvalue weighted by molar-refractivity contribution is 5.78. The molecule has 1 heterocycles. The monoisotopic (exact) mass is 283 g/mol. The lowest BCUT2D eigenvalue weighted by Gasteiger charge is -2.24. The second-order valence-electron chi connectivity index (χ2n) is 5.68. The van der Waals surface area contributed by atoms with Gasteiger partial charge in [0.25, 0.3) is 0 Å². The summed E-state index contributed by atoms with van der Waals surface area (Å²) >= 11 is 0. The van der Waals surface area contributed by atoms with Gasteiger partial charge in [0, 0.05) is 17.2 Å². The number of nitrogen functional groups attached to an aromatic ring is 3. The van der Waals surface area contributed by atoms with Gasteiger partial charge in [0.1, 0.15) is 5.82 Å². The Morgan fingerprint density at radius 2 is 1.52 bits per heavy atom. The van der Waals surface area contributed by atoms with Crippen molar-refractivity contribution in [1.29, 1.82) is 0 Å². The molecule has 3 rings (SSSR count). The summed E-state index contributed by atoms with van der Waals surface area (Å²) in [6.45, 7) is 0. The fourth-order valence-electron chi connectivity index (χ4n) is 3.13. The third kappa shape index (κ3) is 2.77. The normalized spacial score (nSPS) is 16.0. The van der Waals surface area contributed by atoms with Crippen LogP contribution < -0.4 is 17.2 Å². The lowest BCUT2D eigenvalue weighted by Crippen LogP contribution is -2.13. The maximum Gasteiger partial charge on any atom is 0.222 e. The fraction of sp³-hybridized carbons (Fsp3) is 0.375. The van der Waals surface area contributed by atoms with Crippen LogP contribution in [0.2, 0.25) is 0 Å². The van der Waals surface area contributed by atoms with Crippen LogP contribution in [0.3, 0.4) is 0 Å². The molecule has 1 aromatic heterocycles. The van der Waals surface area contributed by atoms with Crippen LogP contribution in [0.4, 0.5) is 17.5 Å². The second kappa shape index (κ2) is 5.60. The molecule has 0 amide bonds. The topological polar surface area (TPSA) is 104 Å². The zero-order chi connectivity index (χ0) is 14.8. The predicted molar refractivity (Wildman–Crippen MR) is 86.5 cm³/mol. The molecule has 0 unspecified atom stereocenters. The first-order valence-corrected chi connectivity index (χ1v) is 7.44. The average molecular weight is 283 g/mol. The molecule has 5 heteroatoms. The van der Waals surface area contributed by atoms with Gasteiger partial charge < -0.3 is 17.2 Å². The van der Waals surface area contributed by atoms with E-state index in [9.17, 15) is 0 Å². The summed E-state index contributed by atoms with van der Waals surface area (Å²) in [5.41, 5.74) is 21.4. The average Bonchev–Trinajstić information content (AvgIpc) is 2.49. The Morgan fingerprint density at radius 1 is 0.857 bits per heavy atom. The lowest BCUT2D eigenvalue weighted by atomic mass is 9.84. The molecule has 5 nitrogen and oxygen atoms in total. The van der Waals surface area contributed by atoms with Crippen molar-refractivity contribution in [1.82, 2.24) is 9.97 Å². The highest BCUT2D eigenvalue weighted by Gasteiger charge is 2.23. The van der Waals surface area contributed by atoms with Crippen molar-refractivity contribution in [3.05, 3.63) is 30.0 Å². The number of anilines is 3. The Balaban J connectivity index is 2.11. The molecule has 0 saturated heterocycles. The molecule has 6 N–H and O–H groups in total. The number of hydrogen-bond donors (Lipinski definition) is 3. The van der Waals surface area contributed by atoms with Crippen molar-refractivity contribution in [2.45, 2.75) is 38.0 Å². The summed E-state index contributed by atoms with van der Waals surface area (Å²) in [6.07, 6.45) is 6.03. The van der Waals surface area contributed by atoms with Gasteiger partial charge in [-0.05, 0) is 30.5 Å². The van der Waals surface area contributed by atoms with E-state index in [-0.39, 0.29) is 5.95 Å². The molecule has 1 aliphatic rings. The Labute approximate surface area is 124 Å². The molecule has 21 heavy (non-hydrogen) atoms. The largest absolute Gasteiger partial charge is 0.399 e. The van der Waals surface area contributed by atoms with Crippen molar-refractivity contribution >= 4 is 17.5 Å². The van der Waals surface area contributed by atoms with Crippen LogP contribution in [0.1, 0.15) is 43.7 Å². The first kappa shape index (κ1) is 13.7. The number of aromatic nitrogens is 2. The van der Waals surface area contributed by atoms with Gasteiger partial charge in [0.05, 0.1) is 5.69 Å². The van der Waals surface area contributed by atoms with Gasteiger partial charge >= 0.3 is 0 Å². The van der Waals surface area contributed by atoms with E-state index < -0.39 is 0 Å². The molecular weight excluding hydrogens is 262 g/mol. The third-order valence-electron chi connectivity index (χ3n) is 4.17. The Bertz CT molecular complexity index is 630. The number of nitrogens with zero attached hydrogens (tertiary/aromatic N) is 2. The van der Waals surface area contributed by atoms with Gasteiger partial charge in [0.15, 0.2) is 0 Å². The maximum absolute atomic E-state index is 6.14. The van der Waals surface area contributed by atoms with Gasteiger partial charge in [-0.15, -0.1) is 0 Å². The maximum atomic E-state index is 6.14. The van der Waals surface area contributed by atoms with E-state index in [2.05, 4.69) is 9.97 Å². The Morgan fingerprint density at radius 3 is 2.19 bits per heavy atom. The van der Waals surface area contributed by atoms with E-state index in [1.54, 1.807) is 0 Å². The van der Waals surface area contributed by atoms with E-state index in [4.69, 9.17) is 17.2 Å². The van der Waals surface area contributed by atoms with Crippen molar-refractivity contribution in [2.24, 2.45) is 0 Å². The number of nitrogens with two attached hydrogens (primary N) is 3. The minimum absolute atomic E-state index is 0.257. The number of rotatable bonds is 2. The summed E-state index contributed by atoms with van der Waals surface area (Å²) in [5, 5.41) is 0. The molecule has 0 aliphatic heterocycles. The molecule has 110 valence electrons. The van der Waals surface area contributed by atoms with Crippen molar-refractivity contribution in [2.75, 3.05) is 17.2 Å². The van der Waals surface area contributed by atoms with Crippen LogP contribution >= 0.6 is 0 Å². The van der Waals surface area contributed by atoms with Gasteiger partial charge in [-0.2, -0.15) is 4.98 Å². The highest BCUT2D eigenvalue weighted by atomic mass is 15.0. The molecule has 0 bridgehead atoms. The summed E-state index contributed by atoms with van der Waals surface area (Å²) in [6, 6.07) is 7.67. The standard InChI is InChI=1S/C16H21N5/c17-12-8-6-10(7-9-12)13-14(11-4-2-1-3-5-11)20-16(19)21-15(13)18/h6-9,11H,1-5,17H2,(H4,18,19,20,21). The first-order chi connectivity index (χ1) is 10.1. The zero-order valence-electron chi connectivity index (χ0n) is 12.0. The molecule has 0 radical (unpaired) electrons. The second-order valence-corrected chi connectivity index (χ2v) is 5.68. The zero-order valence-corrected chi connectivity index (χ0v) is 12.0. The van der Waals surface area contributed by atoms with Crippen molar-refractivity contribution in [3.63, 3.8) is 0 Å². The Hall–Kier alpha value is -2.30. The van der Waals surface area contributed by atoms with Gasteiger partial charge in [0.2, 0.25) is 5.95 Å². The molecule has 0 spiro atoms. The Kier molecular flexibility index (Phi) is 3.64. The first-order valence-electron chi connectivity index (χ1n) is 7.44. The molecule has 0 atom stereocenters. The van der Waals surface area contributed by atoms with Crippen LogP contribution in [-0.2, 0) is 0 Å². The lowest BCUT2D eigenvalue weighted by molar-refractivity contribution is 0.437. The number of hydrogen-bond acceptors (Lipinski definition) is 5. The van der Waals surface area contributed by atoms with E-state index in [0.29, 0.717) is 11.7 Å². The van der Waals surface area contributed by atoms with E-state index in [1.165, 1.54) is 19.3 Å². The van der Waals surface area contributed by atoms with Gasteiger partial charge in [-0.3, -0.25) is 0 Å². The summed E-state index contributed by atoms with van der Waals surface area (Å²) < 4.78 is 0. The quantitative estimate of drug-likeness (QED) is 0.735. The van der Waals surface area contributed by atoms with Crippen LogP contribution in [0.15, 0.2) is 24.3 Å². The molecular formula is C16H21N5. The smallest absolute Gasteiger partial charge is 0.222 e. The minimum Gasteiger partial charge on any atom is -0.399 e. The van der Waals surface area contributed by atoms with Gasteiger partial charge in [-0.1, -0.05) is 31.4 Å². The molecule has 1 aliphatic carbocycles. The highest BCUT2D eigenvalue weighted by Crippen LogP contribution is 2.39. The van der Waals surface area contributed by atoms with Crippen molar-refractivity contribution < 1.29 is 0 Å². The van der Waals surface area contributed by atoms with E-state index in [1.807, 2.05) is 24.3 Å². The van der Waals surface area contributed by atoms with Gasteiger partial charge in [-0.25, -0.2) is 4.98 Å². The molecule has 2 aromatic rings. The predicted octanol–water partition coefficient (Wildman–Crippen LogP) is 2.94. The third-order valence-corrected chi connectivity index (χ3v) is 4.17. The SMILES string of the molecule is Nc1ccc(-c2c(N)nc(N)nc2C2CCCCC2)cc1. The summed E-state index contributed by atoms with van der Waals surface area (Å²) in [5.74, 6) is 1.12. The minimum atomic E-state index is 0.257. The molecule has 1 saturated carbocycles. The number of benzene rings is 1. The van der Waals surface area contributed by atoms with Crippen LogP contribution in [0.25, 0.3) is 11.1 Å². The van der Waals surface area contributed by atoms with Crippen molar-refractivity contribution in [3.8, 4) is 11.1 Å². The van der Waals surface area contributed by atoms with E-state index in [0.717, 1.165) is 35.3 Å². The van der Waals surface area contributed by atoms with Crippen LogP contribution in [0, 0.1) is 0 Å². The fourth-order valence-corrected chi connectivity index (χ4v) is 3.13. The molecule has 1 fully saturated rings. The van der Waals surface area contributed by atoms with Crippen LogP contribution in [-0.4, -0.2) is 9.97 Å². The summed E-state index contributed by atoms with van der Waals surface area (Å²) in [7, 11) is 0. The molecule has 1 aromatic carbocycles. The van der Waals surface area contributed by atoms with Crippen LogP contribution in [0.5, 0.6) is 0 Å². The van der Waals surface area contributed by atoms with E-state index >= 15 is 0 Å². The summed E-state index contributed by atoms with van der Waals surface area (Å²) in [4.78, 5) is 8.65.